The number of carbonyl (C=O) groups excluding carboxylic acids is 1. The molecular weight excluding hydrogens is 382 g/mol. The van der Waals surface area contributed by atoms with Crippen LogP contribution in [0.1, 0.15) is 17.9 Å². The molecule has 2 aromatic carbocycles. The van der Waals surface area contributed by atoms with Crippen molar-refractivity contribution in [2.45, 2.75) is 18.6 Å². The lowest BCUT2D eigenvalue weighted by atomic mass is 9.94. The van der Waals surface area contributed by atoms with Crippen molar-refractivity contribution in [1.82, 2.24) is 10.2 Å². The number of aromatic amines is 1. The Bertz CT molecular complexity index is 1050. The standard InChI is InChI=1S/C21H25N7O2/c22-9-8-16(13-4-2-1-3-5-13)21(30)25-15-6-7-18-17(10-15)19(28-27-18)26-20(29)14(11-23)12-24/h1-7,10-12,16,20,23,29H,8-9,22,24H2,(H,25,30)(H2,26,27,28)/b14-12+,23-11?. The van der Waals surface area contributed by atoms with E-state index in [-0.39, 0.29) is 17.4 Å². The van der Waals surface area contributed by atoms with Crippen molar-refractivity contribution < 1.29 is 9.90 Å². The van der Waals surface area contributed by atoms with Crippen LogP contribution < -0.4 is 22.1 Å². The first kappa shape index (κ1) is 21.0. The van der Waals surface area contributed by atoms with Gasteiger partial charge in [0.1, 0.15) is 0 Å². The maximum atomic E-state index is 12.9. The molecular formula is C21H25N7O2. The van der Waals surface area contributed by atoms with Gasteiger partial charge in [0.05, 0.1) is 11.4 Å². The quantitative estimate of drug-likeness (QED) is 0.211. The summed E-state index contributed by atoms with van der Waals surface area (Å²) in [7, 11) is 0. The Balaban J connectivity index is 1.82. The number of rotatable bonds is 9. The second-order valence-corrected chi connectivity index (χ2v) is 6.72. The number of aliphatic hydroxyl groups excluding tert-OH is 1. The third-order valence-electron chi connectivity index (χ3n) is 4.75. The van der Waals surface area contributed by atoms with Gasteiger partial charge >= 0.3 is 0 Å². The summed E-state index contributed by atoms with van der Waals surface area (Å²) in [5.74, 6) is -0.141. The fraction of sp³-hybridized carbons (Fsp3) is 0.190. The van der Waals surface area contributed by atoms with Crippen LogP contribution in [0.3, 0.4) is 0 Å². The molecule has 1 aromatic heterocycles. The molecule has 156 valence electrons. The molecule has 1 heterocycles. The molecule has 2 unspecified atom stereocenters. The van der Waals surface area contributed by atoms with Crippen LogP contribution in [-0.4, -0.2) is 40.2 Å². The number of nitrogens with one attached hydrogen (secondary N) is 4. The zero-order valence-corrected chi connectivity index (χ0v) is 16.3. The molecule has 0 spiro atoms. The van der Waals surface area contributed by atoms with E-state index in [9.17, 15) is 9.90 Å². The van der Waals surface area contributed by atoms with Gasteiger partial charge in [-0.3, -0.25) is 9.89 Å². The molecule has 0 aliphatic heterocycles. The molecule has 3 aromatic rings. The van der Waals surface area contributed by atoms with E-state index in [0.29, 0.717) is 29.9 Å². The fourth-order valence-electron chi connectivity index (χ4n) is 3.16. The van der Waals surface area contributed by atoms with Crippen molar-refractivity contribution in [3.8, 4) is 0 Å². The lowest BCUT2D eigenvalue weighted by Crippen LogP contribution is -2.24. The lowest BCUT2D eigenvalue weighted by molar-refractivity contribution is -0.117. The Morgan fingerprint density at radius 1 is 1.27 bits per heavy atom. The van der Waals surface area contributed by atoms with Gasteiger partial charge in [-0.15, -0.1) is 0 Å². The fourth-order valence-corrected chi connectivity index (χ4v) is 3.16. The Kier molecular flexibility index (Phi) is 6.79. The van der Waals surface area contributed by atoms with E-state index in [4.69, 9.17) is 16.9 Å². The van der Waals surface area contributed by atoms with Crippen molar-refractivity contribution in [2.24, 2.45) is 11.5 Å². The van der Waals surface area contributed by atoms with E-state index in [1.165, 1.54) is 0 Å². The third kappa shape index (κ3) is 4.65. The minimum Gasteiger partial charge on any atom is -0.404 e. The van der Waals surface area contributed by atoms with Crippen molar-refractivity contribution in [1.29, 1.82) is 5.41 Å². The molecule has 0 aliphatic rings. The number of aliphatic hydroxyl groups is 1. The van der Waals surface area contributed by atoms with Crippen LogP contribution in [0.4, 0.5) is 11.5 Å². The number of hydrogen-bond donors (Lipinski definition) is 7. The Labute approximate surface area is 173 Å². The van der Waals surface area contributed by atoms with E-state index in [0.717, 1.165) is 23.5 Å². The average molecular weight is 407 g/mol. The minimum absolute atomic E-state index is 0.152. The SMILES string of the molecule is N=C/C(=C\N)C(O)Nc1n[nH]c2ccc(NC(=O)C(CCN)c3ccccc3)cc12. The highest BCUT2D eigenvalue weighted by Gasteiger charge is 2.20. The zero-order valence-electron chi connectivity index (χ0n) is 16.3. The first-order valence-corrected chi connectivity index (χ1v) is 9.48. The van der Waals surface area contributed by atoms with Gasteiger partial charge in [-0.05, 0) is 36.7 Å². The summed E-state index contributed by atoms with van der Waals surface area (Å²) in [5, 5.41) is 30.9. The number of amides is 1. The van der Waals surface area contributed by atoms with Crippen LogP contribution in [0.15, 0.2) is 60.3 Å². The van der Waals surface area contributed by atoms with E-state index in [2.05, 4.69) is 20.8 Å². The number of hydrogen-bond acceptors (Lipinski definition) is 7. The summed E-state index contributed by atoms with van der Waals surface area (Å²) in [4.78, 5) is 12.9. The van der Waals surface area contributed by atoms with Gasteiger partial charge in [0.15, 0.2) is 12.0 Å². The zero-order chi connectivity index (χ0) is 21.5. The van der Waals surface area contributed by atoms with Gasteiger partial charge in [-0.1, -0.05) is 30.3 Å². The molecule has 2 atom stereocenters. The molecule has 1 amide bonds. The van der Waals surface area contributed by atoms with Crippen LogP contribution in [0, 0.1) is 5.41 Å². The van der Waals surface area contributed by atoms with E-state index in [1.807, 2.05) is 30.3 Å². The van der Waals surface area contributed by atoms with Crippen LogP contribution in [0.5, 0.6) is 0 Å². The number of carbonyl (C=O) groups is 1. The van der Waals surface area contributed by atoms with Crippen molar-refractivity contribution in [3.63, 3.8) is 0 Å². The highest BCUT2D eigenvalue weighted by molar-refractivity contribution is 5.99. The smallest absolute Gasteiger partial charge is 0.231 e. The van der Waals surface area contributed by atoms with Gasteiger partial charge in [-0.25, -0.2) is 0 Å². The summed E-state index contributed by atoms with van der Waals surface area (Å²) < 4.78 is 0. The molecule has 0 radical (unpaired) electrons. The molecule has 9 heteroatoms. The van der Waals surface area contributed by atoms with Crippen molar-refractivity contribution in [3.05, 3.63) is 65.9 Å². The van der Waals surface area contributed by atoms with Gasteiger partial charge in [-0.2, -0.15) is 5.10 Å². The summed E-state index contributed by atoms with van der Waals surface area (Å²) in [6.45, 7) is 0.393. The van der Waals surface area contributed by atoms with Crippen molar-refractivity contribution >= 4 is 34.5 Å². The number of fused-ring (bicyclic) bond motifs is 1. The number of H-pyrrole nitrogens is 1. The summed E-state index contributed by atoms with van der Waals surface area (Å²) >= 11 is 0. The first-order chi connectivity index (χ1) is 14.6. The molecule has 0 fully saturated rings. The average Bonchev–Trinajstić information content (AvgIpc) is 3.15. The van der Waals surface area contributed by atoms with Crippen LogP contribution in [-0.2, 0) is 4.79 Å². The number of nitrogens with zero attached hydrogens (tertiary/aromatic N) is 1. The van der Waals surface area contributed by atoms with Crippen LogP contribution in [0.25, 0.3) is 10.9 Å². The second kappa shape index (κ2) is 9.68. The molecule has 9 N–H and O–H groups in total. The number of benzene rings is 2. The Morgan fingerprint density at radius 2 is 2.03 bits per heavy atom. The Hall–Kier alpha value is -3.69. The lowest BCUT2D eigenvalue weighted by Gasteiger charge is -2.17. The molecule has 30 heavy (non-hydrogen) atoms. The number of nitrogens with two attached hydrogens (primary N) is 2. The van der Waals surface area contributed by atoms with Gasteiger partial charge in [0, 0.05) is 29.1 Å². The van der Waals surface area contributed by atoms with E-state index in [1.54, 1.807) is 18.2 Å². The molecule has 3 rings (SSSR count). The second-order valence-electron chi connectivity index (χ2n) is 6.72. The molecule has 9 nitrogen and oxygen atoms in total. The van der Waals surface area contributed by atoms with Crippen LogP contribution >= 0.6 is 0 Å². The summed E-state index contributed by atoms with van der Waals surface area (Å²) in [5.41, 5.74) is 13.5. The third-order valence-corrected chi connectivity index (χ3v) is 4.75. The van der Waals surface area contributed by atoms with Crippen LogP contribution in [0.2, 0.25) is 0 Å². The topological polar surface area (TPSA) is 166 Å². The molecule has 0 aliphatic carbocycles. The van der Waals surface area contributed by atoms with Gasteiger partial charge < -0.3 is 32.6 Å². The van der Waals surface area contributed by atoms with E-state index < -0.39 is 6.23 Å². The molecule has 0 bridgehead atoms. The summed E-state index contributed by atoms with van der Waals surface area (Å²) in [6.07, 6.45) is 1.44. The first-order valence-electron chi connectivity index (χ1n) is 9.48. The monoisotopic (exact) mass is 407 g/mol. The summed E-state index contributed by atoms with van der Waals surface area (Å²) in [6, 6.07) is 14.8. The maximum Gasteiger partial charge on any atom is 0.231 e. The van der Waals surface area contributed by atoms with Gasteiger partial charge in [0.25, 0.3) is 0 Å². The van der Waals surface area contributed by atoms with Crippen molar-refractivity contribution in [2.75, 3.05) is 17.2 Å². The predicted octanol–water partition coefficient (Wildman–Crippen LogP) is 1.86. The number of aromatic nitrogens is 2. The number of anilines is 2. The Morgan fingerprint density at radius 3 is 2.70 bits per heavy atom. The van der Waals surface area contributed by atoms with Gasteiger partial charge in [0.2, 0.25) is 5.91 Å². The molecule has 0 saturated heterocycles. The highest BCUT2D eigenvalue weighted by Crippen LogP contribution is 2.27. The maximum absolute atomic E-state index is 12.9. The van der Waals surface area contributed by atoms with E-state index >= 15 is 0 Å². The minimum atomic E-state index is -1.19. The highest BCUT2D eigenvalue weighted by atomic mass is 16.3. The largest absolute Gasteiger partial charge is 0.404 e. The molecule has 0 saturated carbocycles. The predicted molar refractivity (Wildman–Crippen MR) is 118 cm³/mol. The normalized spacial score (nSPS) is 13.6.